The van der Waals surface area contributed by atoms with Gasteiger partial charge in [0.2, 0.25) is 0 Å². The van der Waals surface area contributed by atoms with Crippen molar-refractivity contribution in [2.45, 2.75) is 38.6 Å². The van der Waals surface area contributed by atoms with Gasteiger partial charge in [0.25, 0.3) is 5.78 Å². The maximum Gasteiger partial charge on any atom is 0.251 e. The van der Waals surface area contributed by atoms with Gasteiger partial charge in [-0.15, -0.1) is 0 Å². The standard InChI is InChI=1S/C10H15N5/c1-6-8(5-11)15-10(12-6)13-9(14-15)7-3-2-4-7/h7H,2-5,11H2,1H3,(H,12,13,14). The fourth-order valence-electron chi connectivity index (χ4n) is 2.09. The van der Waals surface area contributed by atoms with Crippen molar-refractivity contribution in [3.63, 3.8) is 0 Å². The molecule has 2 heterocycles. The zero-order valence-corrected chi connectivity index (χ0v) is 8.82. The molecule has 5 nitrogen and oxygen atoms in total. The molecule has 2 aromatic heterocycles. The number of aromatic amines is 1. The van der Waals surface area contributed by atoms with Gasteiger partial charge in [-0.05, 0) is 19.8 Å². The molecule has 0 saturated heterocycles. The van der Waals surface area contributed by atoms with Crippen molar-refractivity contribution < 1.29 is 0 Å². The van der Waals surface area contributed by atoms with E-state index in [0.717, 1.165) is 23.0 Å². The summed E-state index contributed by atoms with van der Waals surface area (Å²) in [4.78, 5) is 8.89. The van der Waals surface area contributed by atoms with E-state index in [0.29, 0.717) is 12.5 Å². The van der Waals surface area contributed by atoms with Gasteiger partial charge in [0.15, 0.2) is 0 Å². The normalized spacial score (nSPS) is 17.2. The molecule has 3 rings (SSSR count). The lowest BCUT2D eigenvalue weighted by Crippen LogP contribution is -2.11. The van der Waals surface area contributed by atoms with Gasteiger partial charge in [-0.2, -0.15) is 4.98 Å². The molecule has 80 valence electrons. The Kier molecular flexibility index (Phi) is 1.82. The summed E-state index contributed by atoms with van der Waals surface area (Å²) in [5.41, 5.74) is 7.68. The van der Waals surface area contributed by atoms with Crippen LogP contribution in [0.3, 0.4) is 0 Å². The molecule has 0 unspecified atom stereocenters. The van der Waals surface area contributed by atoms with Crippen LogP contribution in [0, 0.1) is 6.92 Å². The van der Waals surface area contributed by atoms with Crippen LogP contribution in [-0.4, -0.2) is 19.6 Å². The zero-order chi connectivity index (χ0) is 10.4. The molecule has 2 aromatic rings. The Morgan fingerprint density at radius 1 is 1.47 bits per heavy atom. The molecule has 0 radical (unpaired) electrons. The molecular formula is C10H15N5. The van der Waals surface area contributed by atoms with Gasteiger partial charge in [-0.25, -0.2) is 9.50 Å². The molecule has 0 atom stereocenters. The van der Waals surface area contributed by atoms with E-state index in [2.05, 4.69) is 15.1 Å². The van der Waals surface area contributed by atoms with Gasteiger partial charge < -0.3 is 5.73 Å². The summed E-state index contributed by atoms with van der Waals surface area (Å²) in [6, 6.07) is 0. The quantitative estimate of drug-likeness (QED) is 0.771. The van der Waals surface area contributed by atoms with Gasteiger partial charge in [-0.1, -0.05) is 6.42 Å². The van der Waals surface area contributed by atoms with Crippen LogP contribution in [0.25, 0.3) is 5.78 Å². The van der Waals surface area contributed by atoms with Crippen LogP contribution in [0.2, 0.25) is 0 Å². The molecule has 0 aromatic carbocycles. The summed E-state index contributed by atoms with van der Waals surface area (Å²) < 4.78 is 1.92. The molecule has 1 fully saturated rings. The van der Waals surface area contributed by atoms with Crippen LogP contribution in [0.5, 0.6) is 0 Å². The van der Waals surface area contributed by atoms with Gasteiger partial charge in [0.05, 0.1) is 11.4 Å². The molecule has 1 aliphatic rings. The summed E-state index contributed by atoms with van der Waals surface area (Å²) in [6.07, 6.45) is 3.80. The van der Waals surface area contributed by atoms with Crippen molar-refractivity contribution in [3.8, 4) is 0 Å². The minimum atomic E-state index is 0.499. The third kappa shape index (κ3) is 1.19. The molecule has 0 bridgehead atoms. The van der Waals surface area contributed by atoms with E-state index in [1.807, 2.05) is 11.4 Å². The van der Waals surface area contributed by atoms with Crippen LogP contribution in [-0.2, 0) is 6.54 Å². The van der Waals surface area contributed by atoms with Crippen LogP contribution in [0.15, 0.2) is 0 Å². The van der Waals surface area contributed by atoms with E-state index in [9.17, 15) is 0 Å². The second-order valence-electron chi connectivity index (χ2n) is 4.22. The van der Waals surface area contributed by atoms with E-state index >= 15 is 0 Å². The molecule has 0 aliphatic heterocycles. The van der Waals surface area contributed by atoms with Crippen LogP contribution < -0.4 is 5.73 Å². The summed E-state index contributed by atoms with van der Waals surface area (Å²) in [5.74, 6) is 2.44. The van der Waals surface area contributed by atoms with Gasteiger partial charge in [-0.3, -0.25) is 5.10 Å². The summed E-state index contributed by atoms with van der Waals surface area (Å²) >= 11 is 0. The van der Waals surface area contributed by atoms with Gasteiger partial charge in [0, 0.05) is 12.5 Å². The van der Waals surface area contributed by atoms with Crippen molar-refractivity contribution in [3.05, 3.63) is 17.2 Å². The van der Waals surface area contributed by atoms with Crippen LogP contribution in [0.4, 0.5) is 0 Å². The minimum Gasteiger partial charge on any atom is -0.325 e. The van der Waals surface area contributed by atoms with Crippen molar-refractivity contribution in [1.29, 1.82) is 0 Å². The average molecular weight is 205 g/mol. The van der Waals surface area contributed by atoms with Crippen molar-refractivity contribution >= 4 is 5.78 Å². The van der Waals surface area contributed by atoms with Crippen molar-refractivity contribution in [2.24, 2.45) is 5.73 Å². The van der Waals surface area contributed by atoms with Crippen LogP contribution in [0.1, 0.15) is 42.4 Å². The number of imidazole rings is 1. The highest BCUT2D eigenvalue weighted by molar-refractivity contribution is 5.35. The molecular weight excluding hydrogens is 190 g/mol. The fraction of sp³-hybridized carbons (Fsp3) is 0.600. The highest BCUT2D eigenvalue weighted by Crippen LogP contribution is 2.34. The molecule has 0 spiro atoms. The number of hydrogen-bond donors (Lipinski definition) is 2. The predicted molar refractivity (Wildman–Crippen MR) is 56.6 cm³/mol. The monoisotopic (exact) mass is 205 g/mol. The Balaban J connectivity index is 2.10. The lowest BCUT2D eigenvalue weighted by molar-refractivity contribution is 0.401. The van der Waals surface area contributed by atoms with Crippen LogP contribution >= 0.6 is 0 Å². The van der Waals surface area contributed by atoms with Gasteiger partial charge in [0.1, 0.15) is 5.82 Å². The molecule has 15 heavy (non-hydrogen) atoms. The lowest BCUT2D eigenvalue weighted by Gasteiger charge is -2.22. The Labute approximate surface area is 87.7 Å². The molecule has 1 saturated carbocycles. The maximum atomic E-state index is 5.68. The number of nitrogens with two attached hydrogens (primary N) is 1. The minimum absolute atomic E-state index is 0.499. The largest absolute Gasteiger partial charge is 0.325 e. The molecule has 5 heteroatoms. The SMILES string of the molecule is Cc1nc2nc(C3CCC3)[nH]n2c1CN. The number of hydrogen-bond acceptors (Lipinski definition) is 3. The Morgan fingerprint density at radius 2 is 2.27 bits per heavy atom. The summed E-state index contributed by atoms with van der Waals surface area (Å²) in [7, 11) is 0. The van der Waals surface area contributed by atoms with E-state index in [1.54, 1.807) is 0 Å². The number of fused-ring (bicyclic) bond motifs is 1. The Hall–Kier alpha value is -1.36. The first-order valence-electron chi connectivity index (χ1n) is 5.43. The van der Waals surface area contributed by atoms with Gasteiger partial charge >= 0.3 is 0 Å². The first-order chi connectivity index (χ1) is 7.29. The molecule has 0 amide bonds. The Bertz CT molecular complexity index is 491. The summed E-state index contributed by atoms with van der Waals surface area (Å²) in [5, 5.41) is 3.30. The highest BCUT2D eigenvalue weighted by Gasteiger charge is 2.24. The third-order valence-electron chi connectivity index (χ3n) is 3.29. The topological polar surface area (TPSA) is 72.0 Å². The Morgan fingerprint density at radius 3 is 2.87 bits per heavy atom. The third-order valence-corrected chi connectivity index (χ3v) is 3.29. The summed E-state index contributed by atoms with van der Waals surface area (Å²) in [6.45, 7) is 2.47. The second-order valence-corrected chi connectivity index (χ2v) is 4.22. The molecule has 1 aliphatic carbocycles. The number of nitrogens with one attached hydrogen (secondary N) is 1. The number of nitrogens with zero attached hydrogens (tertiary/aromatic N) is 3. The van der Waals surface area contributed by atoms with E-state index in [1.165, 1.54) is 19.3 Å². The number of H-pyrrole nitrogens is 1. The van der Waals surface area contributed by atoms with E-state index in [-0.39, 0.29) is 0 Å². The highest BCUT2D eigenvalue weighted by atomic mass is 15.4. The average Bonchev–Trinajstić information content (AvgIpc) is 2.57. The first kappa shape index (κ1) is 8.91. The number of aryl methyl sites for hydroxylation is 1. The number of rotatable bonds is 2. The maximum absolute atomic E-state index is 5.68. The van der Waals surface area contributed by atoms with E-state index < -0.39 is 0 Å². The fourth-order valence-corrected chi connectivity index (χ4v) is 2.09. The molecule has 3 N–H and O–H groups in total. The van der Waals surface area contributed by atoms with Crippen molar-refractivity contribution in [2.75, 3.05) is 0 Å². The predicted octanol–water partition coefficient (Wildman–Crippen LogP) is 1.09. The second kappa shape index (κ2) is 3.06. The van der Waals surface area contributed by atoms with E-state index in [4.69, 9.17) is 5.73 Å². The first-order valence-corrected chi connectivity index (χ1v) is 5.43. The number of aromatic nitrogens is 4. The smallest absolute Gasteiger partial charge is 0.251 e. The van der Waals surface area contributed by atoms with Crippen molar-refractivity contribution in [1.82, 2.24) is 19.6 Å². The zero-order valence-electron chi connectivity index (χ0n) is 8.82. The lowest BCUT2D eigenvalue weighted by atomic mass is 9.85.